The second-order valence-electron chi connectivity index (χ2n) is 18.0. The smallest absolute Gasteiger partial charge is 0.0324 e. The van der Waals surface area contributed by atoms with Crippen molar-refractivity contribution in [2.75, 3.05) is 0 Å². The van der Waals surface area contributed by atoms with E-state index in [0.29, 0.717) is 0 Å². The average molecular weight is 597 g/mol. The third kappa shape index (κ3) is 10.2. The van der Waals surface area contributed by atoms with E-state index in [1.165, 1.54) is 83.5 Å². The summed E-state index contributed by atoms with van der Waals surface area (Å²) in [4.78, 5) is 0. The van der Waals surface area contributed by atoms with Gasteiger partial charge in [-0.1, -0.05) is 132 Å². The second kappa shape index (κ2) is 18.4. The molecule has 0 radical (unpaired) electrons. The molecule has 8 atom stereocenters. The van der Waals surface area contributed by atoms with Crippen LogP contribution in [0.3, 0.4) is 0 Å². The van der Waals surface area contributed by atoms with E-state index < -0.39 is 0 Å². The van der Waals surface area contributed by atoms with Crippen LogP contribution in [0.15, 0.2) is 0 Å². The van der Waals surface area contributed by atoms with Crippen molar-refractivity contribution in [2.24, 2.45) is 76.9 Å². The highest BCUT2D eigenvalue weighted by molar-refractivity contribution is 4.97. The first-order chi connectivity index (χ1) is 20.8. The van der Waals surface area contributed by atoms with E-state index in [4.69, 9.17) is 0 Å². The molecule has 0 bridgehead atoms. The summed E-state index contributed by atoms with van der Waals surface area (Å²) in [5.41, 5.74) is 0. The van der Waals surface area contributed by atoms with E-state index in [1.807, 2.05) is 0 Å². The maximum Gasteiger partial charge on any atom is -0.0324 e. The molecule has 0 amide bonds. The van der Waals surface area contributed by atoms with Crippen LogP contribution in [0.5, 0.6) is 0 Å². The summed E-state index contributed by atoms with van der Waals surface area (Å²) in [7, 11) is 0. The molecule has 0 aromatic carbocycles. The maximum absolute atomic E-state index is 2.61. The Morgan fingerprint density at radius 3 is 1.95 bits per heavy atom. The Morgan fingerprint density at radius 2 is 1.30 bits per heavy atom. The summed E-state index contributed by atoms with van der Waals surface area (Å²) in [5.74, 6) is 13.7. The van der Waals surface area contributed by atoms with Crippen molar-refractivity contribution in [2.45, 2.75) is 196 Å². The summed E-state index contributed by atoms with van der Waals surface area (Å²) in [6, 6.07) is 0. The average Bonchev–Trinajstić information content (AvgIpc) is 3.48. The Morgan fingerprint density at radius 1 is 0.581 bits per heavy atom. The molecule has 0 spiro atoms. The van der Waals surface area contributed by atoms with Gasteiger partial charge >= 0.3 is 0 Å². The summed E-state index contributed by atoms with van der Waals surface area (Å²) < 4.78 is 0. The molecule has 0 saturated heterocycles. The molecule has 252 valence electrons. The lowest BCUT2D eigenvalue weighted by atomic mass is 9.56. The molecule has 5 aliphatic carbocycles. The second-order valence-corrected chi connectivity index (χ2v) is 18.0. The summed E-state index contributed by atoms with van der Waals surface area (Å²) in [5, 5.41) is 0. The molecular weight excluding hydrogens is 516 g/mol. The van der Waals surface area contributed by atoms with Crippen LogP contribution in [0, 0.1) is 76.9 Å². The Labute approximate surface area is 272 Å². The molecule has 0 heterocycles. The number of unbranched alkanes of at least 4 members (excludes halogenated alkanes) is 1. The highest BCUT2D eigenvalue weighted by atomic mass is 14.5. The minimum absolute atomic E-state index is 0.913. The van der Waals surface area contributed by atoms with Crippen molar-refractivity contribution in [3.63, 3.8) is 0 Å². The predicted octanol–water partition coefficient (Wildman–Crippen LogP) is 14.2. The minimum atomic E-state index is 0.913. The van der Waals surface area contributed by atoms with Crippen LogP contribution in [0.1, 0.15) is 196 Å². The van der Waals surface area contributed by atoms with Crippen molar-refractivity contribution < 1.29 is 0 Å². The molecule has 0 heteroatoms. The van der Waals surface area contributed by atoms with E-state index in [-0.39, 0.29) is 0 Å². The molecule has 43 heavy (non-hydrogen) atoms. The van der Waals surface area contributed by atoms with Crippen LogP contribution in [0.25, 0.3) is 0 Å². The van der Waals surface area contributed by atoms with Gasteiger partial charge in [0.25, 0.3) is 0 Å². The van der Waals surface area contributed by atoms with Crippen molar-refractivity contribution in [3.8, 4) is 0 Å². The fourth-order valence-corrected chi connectivity index (χ4v) is 12.1. The molecule has 0 N–H and O–H groups in total. The Hall–Kier alpha value is 0. The molecule has 5 fully saturated rings. The monoisotopic (exact) mass is 597 g/mol. The van der Waals surface area contributed by atoms with E-state index in [1.54, 1.807) is 64.2 Å². The van der Waals surface area contributed by atoms with Gasteiger partial charge in [0.05, 0.1) is 0 Å². The molecule has 5 rings (SSSR count). The van der Waals surface area contributed by atoms with Crippen LogP contribution < -0.4 is 0 Å². The first kappa shape index (κ1) is 35.8. The molecule has 5 saturated carbocycles. The zero-order valence-electron chi connectivity index (χ0n) is 30.8. The number of hydrogen-bond acceptors (Lipinski definition) is 0. The van der Waals surface area contributed by atoms with Gasteiger partial charge in [-0.2, -0.15) is 0 Å². The van der Waals surface area contributed by atoms with Gasteiger partial charge in [-0.25, -0.2) is 0 Å². The van der Waals surface area contributed by atoms with E-state index >= 15 is 0 Å². The van der Waals surface area contributed by atoms with Crippen molar-refractivity contribution in [3.05, 3.63) is 0 Å². The van der Waals surface area contributed by atoms with E-state index in [9.17, 15) is 0 Å². The van der Waals surface area contributed by atoms with Gasteiger partial charge in [0, 0.05) is 0 Å². The topological polar surface area (TPSA) is 0 Å². The van der Waals surface area contributed by atoms with Gasteiger partial charge in [-0.3, -0.25) is 0 Å². The SMILES string of the molecule is CCCC1CC(C)CCC1CCC1CCC(CC)CC1.CCCCC1C(C)CC2CCCC2C1C1CCC(C(C)C)CC1. The summed E-state index contributed by atoms with van der Waals surface area (Å²) in [6.07, 6.45) is 35.0. The first-order valence-electron chi connectivity index (χ1n) is 20.8. The quantitative estimate of drug-likeness (QED) is 0.222. The number of rotatable bonds is 11. The normalized spacial score (nSPS) is 41.9. The molecular formula is C43H80. The van der Waals surface area contributed by atoms with Gasteiger partial charge in [0.15, 0.2) is 0 Å². The number of fused-ring (bicyclic) bond motifs is 1. The van der Waals surface area contributed by atoms with Crippen LogP contribution in [0.4, 0.5) is 0 Å². The van der Waals surface area contributed by atoms with Gasteiger partial charge in [-0.05, 0) is 141 Å². The maximum atomic E-state index is 2.61. The predicted molar refractivity (Wildman–Crippen MR) is 191 cm³/mol. The van der Waals surface area contributed by atoms with Crippen molar-refractivity contribution >= 4 is 0 Å². The zero-order valence-corrected chi connectivity index (χ0v) is 30.8. The Bertz CT molecular complexity index is 720. The molecule has 0 aromatic heterocycles. The minimum Gasteiger partial charge on any atom is -0.0654 e. The standard InChI is InChI=1S/C23H42.C20H38/c1-5-6-9-21-17(4)15-20-8-7-10-22(20)23(21)19-13-11-18(12-14-19)16(2)3;1-4-6-20-15-16(3)7-13-19(20)14-12-18-10-8-17(5-2)9-11-18/h16-23H,5-15H2,1-4H3;16-20H,4-15H2,1-3H3. The van der Waals surface area contributed by atoms with Gasteiger partial charge in [0.1, 0.15) is 0 Å². The lowest BCUT2D eigenvalue weighted by molar-refractivity contribution is -0.00486. The highest BCUT2D eigenvalue weighted by Crippen LogP contribution is 2.56. The van der Waals surface area contributed by atoms with E-state index in [2.05, 4.69) is 48.5 Å². The molecule has 5 aliphatic rings. The fourth-order valence-electron chi connectivity index (χ4n) is 12.1. The Kier molecular flexibility index (Phi) is 15.3. The van der Waals surface area contributed by atoms with Crippen molar-refractivity contribution in [1.82, 2.24) is 0 Å². The van der Waals surface area contributed by atoms with Crippen LogP contribution >= 0.6 is 0 Å². The fraction of sp³-hybridized carbons (Fsp3) is 1.00. The van der Waals surface area contributed by atoms with Gasteiger partial charge in [-0.15, -0.1) is 0 Å². The lowest BCUT2D eigenvalue weighted by Gasteiger charge is -2.50. The van der Waals surface area contributed by atoms with E-state index in [0.717, 1.165) is 76.9 Å². The lowest BCUT2D eigenvalue weighted by Crippen LogP contribution is -2.42. The first-order valence-corrected chi connectivity index (χ1v) is 20.8. The summed E-state index contributed by atoms with van der Waals surface area (Å²) in [6.45, 7) is 17.1. The molecule has 0 aliphatic heterocycles. The van der Waals surface area contributed by atoms with Crippen molar-refractivity contribution in [1.29, 1.82) is 0 Å². The van der Waals surface area contributed by atoms with Crippen LogP contribution in [-0.4, -0.2) is 0 Å². The van der Waals surface area contributed by atoms with Gasteiger partial charge < -0.3 is 0 Å². The highest BCUT2D eigenvalue weighted by Gasteiger charge is 2.47. The molecule has 0 aromatic rings. The van der Waals surface area contributed by atoms with Gasteiger partial charge in [0.2, 0.25) is 0 Å². The Balaban J connectivity index is 0.000000199. The third-order valence-corrected chi connectivity index (χ3v) is 14.9. The van der Waals surface area contributed by atoms with Crippen LogP contribution in [-0.2, 0) is 0 Å². The largest absolute Gasteiger partial charge is 0.0654 e. The molecule has 8 unspecified atom stereocenters. The zero-order chi connectivity index (χ0) is 30.8. The van der Waals surface area contributed by atoms with Crippen LogP contribution in [0.2, 0.25) is 0 Å². The summed E-state index contributed by atoms with van der Waals surface area (Å²) >= 11 is 0. The third-order valence-electron chi connectivity index (χ3n) is 14.9. The number of hydrogen-bond donors (Lipinski definition) is 0. The molecule has 0 nitrogen and oxygen atoms in total.